The van der Waals surface area contributed by atoms with Crippen LogP contribution in [0.4, 0.5) is 0 Å². The summed E-state index contributed by atoms with van der Waals surface area (Å²) >= 11 is 0. The third-order valence-electron chi connectivity index (χ3n) is 3.61. The van der Waals surface area contributed by atoms with Crippen LogP contribution in [0, 0.1) is 11.3 Å². The lowest BCUT2D eigenvalue weighted by Crippen LogP contribution is -2.09. The van der Waals surface area contributed by atoms with Crippen molar-refractivity contribution in [3.8, 4) is 11.8 Å². The number of ether oxygens (including phenoxy) is 1. The molecule has 0 aliphatic heterocycles. The van der Waals surface area contributed by atoms with Crippen LogP contribution in [0.25, 0.3) is 0 Å². The van der Waals surface area contributed by atoms with Crippen LogP contribution in [0.3, 0.4) is 0 Å². The predicted octanol–water partition coefficient (Wildman–Crippen LogP) is 4.01. The minimum absolute atomic E-state index is 0.104. The molecule has 4 heteroatoms. The Bertz CT molecular complexity index is 937. The zero-order valence-electron chi connectivity index (χ0n) is 13.2. The number of hydrogen-bond donors (Lipinski definition) is 0. The van der Waals surface area contributed by atoms with E-state index < -0.39 is 5.97 Å². The average molecular weight is 327 g/mol. The molecule has 0 atom stereocenters. The van der Waals surface area contributed by atoms with Crippen LogP contribution in [0.2, 0.25) is 0 Å². The van der Waals surface area contributed by atoms with Gasteiger partial charge in [0.05, 0.1) is 17.2 Å². The van der Waals surface area contributed by atoms with E-state index in [2.05, 4.69) is 0 Å². The quantitative estimate of drug-likeness (QED) is 0.412. The van der Waals surface area contributed by atoms with Crippen molar-refractivity contribution >= 4 is 11.8 Å². The summed E-state index contributed by atoms with van der Waals surface area (Å²) < 4.78 is 5.25. The lowest BCUT2D eigenvalue weighted by molar-refractivity contribution is 0.0734. The van der Waals surface area contributed by atoms with Crippen molar-refractivity contribution in [2.45, 2.75) is 0 Å². The van der Waals surface area contributed by atoms with Gasteiger partial charge in [-0.1, -0.05) is 42.5 Å². The smallest absolute Gasteiger partial charge is 0.343 e. The van der Waals surface area contributed by atoms with Gasteiger partial charge in [0.15, 0.2) is 5.78 Å². The number of benzene rings is 3. The molecule has 0 N–H and O–H groups in total. The summed E-state index contributed by atoms with van der Waals surface area (Å²) in [6.45, 7) is 0. The van der Waals surface area contributed by atoms with E-state index in [9.17, 15) is 9.59 Å². The third-order valence-corrected chi connectivity index (χ3v) is 3.61. The summed E-state index contributed by atoms with van der Waals surface area (Å²) in [5.41, 5.74) is 1.93. The first kappa shape index (κ1) is 16.2. The van der Waals surface area contributed by atoms with E-state index in [-0.39, 0.29) is 5.78 Å². The molecular weight excluding hydrogens is 314 g/mol. The van der Waals surface area contributed by atoms with Crippen molar-refractivity contribution < 1.29 is 14.3 Å². The van der Waals surface area contributed by atoms with Crippen LogP contribution >= 0.6 is 0 Å². The molecule has 0 fully saturated rings. The molecule has 0 saturated heterocycles. The average Bonchev–Trinajstić information content (AvgIpc) is 2.69. The van der Waals surface area contributed by atoms with Crippen LogP contribution < -0.4 is 4.74 Å². The van der Waals surface area contributed by atoms with Crippen molar-refractivity contribution in [3.05, 3.63) is 101 Å². The second kappa shape index (κ2) is 7.24. The monoisotopic (exact) mass is 327 g/mol. The normalized spacial score (nSPS) is 9.88. The fraction of sp³-hybridized carbons (Fsp3) is 0. The zero-order valence-corrected chi connectivity index (χ0v) is 13.2. The Hall–Kier alpha value is -3.71. The highest BCUT2D eigenvalue weighted by Crippen LogP contribution is 2.15. The summed E-state index contributed by atoms with van der Waals surface area (Å²) in [5, 5.41) is 8.76. The molecule has 0 aliphatic carbocycles. The molecule has 0 amide bonds. The molecule has 3 rings (SSSR count). The first-order valence-corrected chi connectivity index (χ1v) is 7.59. The standard InChI is InChI=1S/C21H13NO3/c22-14-15-6-12-19(13-7-15)25-21(24)18-10-8-17(9-11-18)20(23)16-4-2-1-3-5-16/h1-13H. The number of esters is 1. The van der Waals surface area contributed by atoms with Crippen LogP contribution in [0.5, 0.6) is 5.75 Å². The van der Waals surface area contributed by atoms with E-state index in [0.29, 0.717) is 28.0 Å². The molecule has 0 saturated carbocycles. The van der Waals surface area contributed by atoms with Crippen molar-refractivity contribution in [1.29, 1.82) is 5.26 Å². The highest BCUT2D eigenvalue weighted by molar-refractivity contribution is 6.09. The maximum Gasteiger partial charge on any atom is 0.343 e. The maximum atomic E-state index is 12.3. The number of hydrogen-bond acceptors (Lipinski definition) is 4. The number of nitrogens with zero attached hydrogens (tertiary/aromatic N) is 1. The van der Waals surface area contributed by atoms with Gasteiger partial charge >= 0.3 is 5.97 Å². The van der Waals surface area contributed by atoms with Gasteiger partial charge < -0.3 is 4.74 Å². The van der Waals surface area contributed by atoms with Gasteiger partial charge in [0.2, 0.25) is 0 Å². The van der Waals surface area contributed by atoms with E-state index in [1.165, 1.54) is 0 Å². The van der Waals surface area contributed by atoms with Gasteiger partial charge in [-0.2, -0.15) is 5.26 Å². The molecule has 0 unspecified atom stereocenters. The summed E-state index contributed by atoms with van der Waals surface area (Å²) in [6, 6.07) is 23.5. The van der Waals surface area contributed by atoms with Crippen LogP contribution in [-0.2, 0) is 0 Å². The minimum Gasteiger partial charge on any atom is -0.423 e. The van der Waals surface area contributed by atoms with E-state index in [4.69, 9.17) is 10.00 Å². The van der Waals surface area contributed by atoms with Crippen molar-refractivity contribution in [2.75, 3.05) is 0 Å². The SMILES string of the molecule is N#Cc1ccc(OC(=O)c2ccc(C(=O)c3ccccc3)cc2)cc1. The molecule has 0 radical (unpaired) electrons. The largest absolute Gasteiger partial charge is 0.423 e. The number of rotatable bonds is 4. The van der Waals surface area contributed by atoms with Crippen LogP contribution in [-0.4, -0.2) is 11.8 Å². The highest BCUT2D eigenvalue weighted by Gasteiger charge is 2.12. The second-order valence-electron chi connectivity index (χ2n) is 5.30. The van der Waals surface area contributed by atoms with Gasteiger partial charge in [-0.15, -0.1) is 0 Å². The van der Waals surface area contributed by atoms with Gasteiger partial charge in [0.1, 0.15) is 5.75 Å². The number of nitriles is 1. The van der Waals surface area contributed by atoms with Crippen LogP contribution in [0.1, 0.15) is 31.8 Å². The first-order valence-electron chi connectivity index (χ1n) is 7.59. The molecule has 0 bridgehead atoms. The van der Waals surface area contributed by atoms with Gasteiger partial charge in [0.25, 0.3) is 0 Å². The molecule has 0 heterocycles. The third kappa shape index (κ3) is 3.80. The molecular formula is C21H13NO3. The summed E-state index contributed by atoms with van der Waals surface area (Å²) in [6.07, 6.45) is 0. The molecule has 25 heavy (non-hydrogen) atoms. The van der Waals surface area contributed by atoms with E-state index >= 15 is 0 Å². The molecule has 4 nitrogen and oxygen atoms in total. The van der Waals surface area contributed by atoms with Crippen molar-refractivity contribution in [3.63, 3.8) is 0 Å². The van der Waals surface area contributed by atoms with Gasteiger partial charge in [-0.3, -0.25) is 4.79 Å². The Morgan fingerprint density at radius 1 is 0.720 bits per heavy atom. The van der Waals surface area contributed by atoms with Crippen LogP contribution in [0.15, 0.2) is 78.9 Å². The second-order valence-corrected chi connectivity index (χ2v) is 5.30. The topological polar surface area (TPSA) is 67.2 Å². The molecule has 3 aromatic carbocycles. The summed E-state index contributed by atoms with van der Waals surface area (Å²) in [4.78, 5) is 24.5. The minimum atomic E-state index is -0.525. The number of carbonyl (C=O) groups is 2. The summed E-state index contributed by atoms with van der Waals surface area (Å²) in [7, 11) is 0. The van der Waals surface area contributed by atoms with E-state index in [1.807, 2.05) is 12.1 Å². The van der Waals surface area contributed by atoms with E-state index in [0.717, 1.165) is 0 Å². The van der Waals surface area contributed by atoms with Crippen molar-refractivity contribution in [1.82, 2.24) is 0 Å². The number of carbonyl (C=O) groups excluding carboxylic acids is 2. The Labute approximate surface area is 144 Å². The Morgan fingerprint density at radius 2 is 1.28 bits per heavy atom. The summed E-state index contributed by atoms with van der Waals surface area (Å²) in [5.74, 6) is -0.274. The number of ketones is 1. The lowest BCUT2D eigenvalue weighted by atomic mass is 10.0. The molecule has 0 aromatic heterocycles. The van der Waals surface area contributed by atoms with Crippen molar-refractivity contribution in [2.24, 2.45) is 0 Å². The fourth-order valence-electron chi connectivity index (χ4n) is 2.28. The first-order chi connectivity index (χ1) is 12.2. The Kier molecular flexibility index (Phi) is 4.68. The maximum absolute atomic E-state index is 12.3. The Balaban J connectivity index is 1.72. The molecule has 0 spiro atoms. The molecule has 0 aliphatic rings. The van der Waals surface area contributed by atoms with Gasteiger partial charge in [-0.25, -0.2) is 4.79 Å². The molecule has 120 valence electrons. The lowest BCUT2D eigenvalue weighted by Gasteiger charge is -2.05. The van der Waals surface area contributed by atoms with E-state index in [1.54, 1.807) is 72.8 Å². The Morgan fingerprint density at radius 3 is 1.88 bits per heavy atom. The van der Waals surface area contributed by atoms with Gasteiger partial charge in [0, 0.05) is 11.1 Å². The van der Waals surface area contributed by atoms with Gasteiger partial charge in [-0.05, 0) is 36.4 Å². The zero-order chi connectivity index (χ0) is 17.6. The highest BCUT2D eigenvalue weighted by atomic mass is 16.5. The fourth-order valence-corrected chi connectivity index (χ4v) is 2.28. The predicted molar refractivity (Wildman–Crippen MR) is 92.4 cm³/mol. The molecule has 3 aromatic rings.